The molecule has 4 rings (SSSR count). The van der Waals surface area contributed by atoms with Crippen LogP contribution in [0.4, 0.5) is 5.69 Å². The van der Waals surface area contributed by atoms with Crippen LogP contribution >= 0.6 is 0 Å². The monoisotopic (exact) mass is 443 g/mol. The summed E-state index contributed by atoms with van der Waals surface area (Å²) in [5.74, 6) is 0.577. The highest BCUT2D eigenvalue weighted by molar-refractivity contribution is 6.02. The van der Waals surface area contributed by atoms with Crippen LogP contribution in [0.5, 0.6) is 5.75 Å². The molecule has 1 aromatic carbocycles. The predicted octanol–water partition coefficient (Wildman–Crippen LogP) is 2.21. The molecule has 32 heavy (non-hydrogen) atoms. The number of likely N-dealkylation sites (tertiary alicyclic amines) is 1. The number of anilines is 1. The van der Waals surface area contributed by atoms with Crippen molar-refractivity contribution in [2.24, 2.45) is 0 Å². The molecule has 1 atom stereocenters. The molecule has 0 aliphatic carbocycles. The summed E-state index contributed by atoms with van der Waals surface area (Å²) in [6.45, 7) is 8.75. The second-order valence-electron chi connectivity index (χ2n) is 9.84. The zero-order chi connectivity index (χ0) is 22.9. The van der Waals surface area contributed by atoms with Gasteiger partial charge in [-0.1, -0.05) is 12.1 Å². The van der Waals surface area contributed by atoms with E-state index in [-0.39, 0.29) is 23.8 Å². The molecule has 3 aliphatic heterocycles. The van der Waals surface area contributed by atoms with Gasteiger partial charge in [0.1, 0.15) is 24.0 Å². The van der Waals surface area contributed by atoms with Gasteiger partial charge in [-0.15, -0.1) is 0 Å². The van der Waals surface area contributed by atoms with Gasteiger partial charge in [-0.25, -0.2) is 0 Å². The smallest absolute Gasteiger partial charge is 0.320 e. The maximum absolute atomic E-state index is 12.5. The first-order valence-electron chi connectivity index (χ1n) is 11.5. The average Bonchev–Trinajstić information content (AvgIpc) is 2.72. The molecule has 2 saturated heterocycles. The second kappa shape index (κ2) is 9.10. The number of hydrogen-bond donors (Lipinski definition) is 1. The summed E-state index contributed by atoms with van der Waals surface area (Å²) in [7, 11) is 0. The van der Waals surface area contributed by atoms with Crippen LogP contribution < -0.4 is 15.0 Å². The summed E-state index contributed by atoms with van der Waals surface area (Å²) in [4.78, 5) is 40.4. The molecule has 0 aromatic heterocycles. The minimum Gasteiger partial charge on any atom is -0.489 e. The number of amides is 2. The van der Waals surface area contributed by atoms with Gasteiger partial charge in [-0.05, 0) is 70.7 Å². The van der Waals surface area contributed by atoms with Crippen LogP contribution in [-0.2, 0) is 19.1 Å². The van der Waals surface area contributed by atoms with Crippen molar-refractivity contribution in [2.75, 3.05) is 37.7 Å². The lowest BCUT2D eigenvalue weighted by Gasteiger charge is -2.40. The predicted molar refractivity (Wildman–Crippen MR) is 120 cm³/mol. The zero-order valence-electron chi connectivity index (χ0n) is 19.2. The molecule has 2 amide bonds. The standard InChI is InChI=1S/C24H33N3O5/c1-24(2,3)32-21(29)15-26-11-9-16(10-12-26)17-5-4-6-18-22(17)31-14-13-27(18)19-7-8-20(28)25-23(19)30/h4-6,16,19H,7-15H2,1-3H3,(H,25,28,30). The number of piperidine rings is 2. The summed E-state index contributed by atoms with van der Waals surface area (Å²) in [5, 5.41) is 2.47. The maximum atomic E-state index is 12.5. The van der Waals surface area contributed by atoms with Crippen molar-refractivity contribution in [3.8, 4) is 5.75 Å². The summed E-state index contributed by atoms with van der Waals surface area (Å²) in [6, 6.07) is 5.79. The van der Waals surface area contributed by atoms with Crippen LogP contribution in [0.3, 0.4) is 0 Å². The lowest BCUT2D eigenvalue weighted by atomic mass is 9.87. The van der Waals surface area contributed by atoms with E-state index in [0.29, 0.717) is 38.5 Å². The number of fused-ring (bicyclic) bond motifs is 1. The fourth-order valence-corrected chi connectivity index (χ4v) is 4.88. The Hall–Kier alpha value is -2.61. The number of para-hydroxylation sites is 1. The van der Waals surface area contributed by atoms with E-state index >= 15 is 0 Å². The van der Waals surface area contributed by atoms with Gasteiger partial charge in [0.15, 0.2) is 0 Å². The SMILES string of the molecule is CC(C)(C)OC(=O)CN1CCC(c2cccc3c2OCCN3C2CCC(=O)NC2=O)CC1. The highest BCUT2D eigenvalue weighted by Gasteiger charge is 2.36. The Morgan fingerprint density at radius 2 is 1.91 bits per heavy atom. The summed E-state index contributed by atoms with van der Waals surface area (Å²) >= 11 is 0. The number of imide groups is 1. The number of carbonyl (C=O) groups excluding carboxylic acids is 3. The normalized spacial score (nSPS) is 22.7. The van der Waals surface area contributed by atoms with Gasteiger partial charge in [0.25, 0.3) is 0 Å². The van der Waals surface area contributed by atoms with Gasteiger partial charge in [0.05, 0.1) is 18.8 Å². The van der Waals surface area contributed by atoms with E-state index in [1.807, 2.05) is 32.9 Å². The minimum absolute atomic E-state index is 0.184. The van der Waals surface area contributed by atoms with Crippen LogP contribution in [-0.4, -0.2) is 67.1 Å². The van der Waals surface area contributed by atoms with Crippen LogP contribution in [0.15, 0.2) is 18.2 Å². The highest BCUT2D eigenvalue weighted by Crippen LogP contribution is 2.43. The van der Waals surface area contributed by atoms with Crippen LogP contribution in [0, 0.1) is 0 Å². The Bertz CT molecular complexity index is 886. The molecule has 0 saturated carbocycles. The third-order valence-electron chi connectivity index (χ3n) is 6.30. The number of nitrogens with zero attached hydrogens (tertiary/aromatic N) is 2. The van der Waals surface area contributed by atoms with Gasteiger partial charge in [-0.3, -0.25) is 24.6 Å². The molecule has 8 nitrogen and oxygen atoms in total. The minimum atomic E-state index is -0.468. The van der Waals surface area contributed by atoms with Crippen molar-refractivity contribution >= 4 is 23.5 Å². The Morgan fingerprint density at radius 1 is 1.16 bits per heavy atom. The fraction of sp³-hybridized carbons (Fsp3) is 0.625. The van der Waals surface area contributed by atoms with E-state index in [2.05, 4.69) is 21.2 Å². The van der Waals surface area contributed by atoms with Crippen molar-refractivity contribution in [1.29, 1.82) is 0 Å². The van der Waals surface area contributed by atoms with E-state index in [0.717, 1.165) is 42.9 Å². The van der Waals surface area contributed by atoms with E-state index in [1.54, 1.807) is 0 Å². The van der Waals surface area contributed by atoms with Crippen LogP contribution in [0.25, 0.3) is 0 Å². The number of rotatable bonds is 4. The number of nitrogens with one attached hydrogen (secondary N) is 1. The third kappa shape index (κ3) is 5.06. The molecule has 0 spiro atoms. The van der Waals surface area contributed by atoms with Gasteiger partial charge in [-0.2, -0.15) is 0 Å². The second-order valence-corrected chi connectivity index (χ2v) is 9.84. The topological polar surface area (TPSA) is 88.2 Å². The number of hydrogen-bond acceptors (Lipinski definition) is 7. The number of carbonyl (C=O) groups is 3. The highest BCUT2D eigenvalue weighted by atomic mass is 16.6. The van der Waals surface area contributed by atoms with Gasteiger partial charge in [0.2, 0.25) is 11.8 Å². The molecule has 0 bridgehead atoms. The lowest BCUT2D eigenvalue weighted by Crippen LogP contribution is -2.54. The van der Waals surface area contributed by atoms with Crippen molar-refractivity contribution in [2.45, 2.75) is 64.0 Å². The first kappa shape index (κ1) is 22.6. The molecule has 8 heteroatoms. The van der Waals surface area contributed by atoms with Gasteiger partial charge >= 0.3 is 5.97 Å². The van der Waals surface area contributed by atoms with Crippen LogP contribution in [0.1, 0.15) is 57.9 Å². The third-order valence-corrected chi connectivity index (χ3v) is 6.30. The largest absolute Gasteiger partial charge is 0.489 e. The maximum Gasteiger partial charge on any atom is 0.320 e. The number of benzene rings is 1. The summed E-state index contributed by atoms with van der Waals surface area (Å²) < 4.78 is 11.6. The Balaban J connectivity index is 1.43. The molecule has 2 fully saturated rings. The Kier molecular flexibility index (Phi) is 6.42. The first-order valence-corrected chi connectivity index (χ1v) is 11.5. The number of ether oxygens (including phenoxy) is 2. The van der Waals surface area contributed by atoms with Crippen LogP contribution in [0.2, 0.25) is 0 Å². The van der Waals surface area contributed by atoms with Crippen molar-refractivity contribution in [3.05, 3.63) is 23.8 Å². The van der Waals surface area contributed by atoms with Crippen molar-refractivity contribution in [3.63, 3.8) is 0 Å². The van der Waals surface area contributed by atoms with Gasteiger partial charge < -0.3 is 14.4 Å². The average molecular weight is 444 g/mol. The molecule has 0 radical (unpaired) electrons. The Labute approximate surface area is 189 Å². The zero-order valence-corrected chi connectivity index (χ0v) is 19.2. The number of esters is 1. The molecular weight excluding hydrogens is 410 g/mol. The molecule has 3 aliphatic rings. The Morgan fingerprint density at radius 3 is 2.59 bits per heavy atom. The summed E-state index contributed by atoms with van der Waals surface area (Å²) in [5.41, 5.74) is 1.63. The summed E-state index contributed by atoms with van der Waals surface area (Å²) in [6.07, 6.45) is 2.75. The first-order chi connectivity index (χ1) is 15.2. The molecule has 1 aromatic rings. The lowest BCUT2D eigenvalue weighted by molar-refractivity contribution is -0.156. The fourth-order valence-electron chi connectivity index (χ4n) is 4.88. The van der Waals surface area contributed by atoms with Crippen molar-refractivity contribution < 1.29 is 23.9 Å². The quantitative estimate of drug-likeness (QED) is 0.564. The molecular formula is C24H33N3O5. The molecule has 1 N–H and O–H groups in total. The van der Waals surface area contributed by atoms with E-state index in [9.17, 15) is 14.4 Å². The molecule has 3 heterocycles. The van der Waals surface area contributed by atoms with E-state index < -0.39 is 5.60 Å². The van der Waals surface area contributed by atoms with E-state index in [4.69, 9.17) is 9.47 Å². The molecule has 174 valence electrons. The van der Waals surface area contributed by atoms with E-state index in [1.165, 1.54) is 0 Å². The molecule has 1 unspecified atom stereocenters. The van der Waals surface area contributed by atoms with Gasteiger partial charge in [0, 0.05) is 6.42 Å². The van der Waals surface area contributed by atoms with Crippen molar-refractivity contribution in [1.82, 2.24) is 10.2 Å².